The van der Waals surface area contributed by atoms with Crippen LogP contribution in [0.1, 0.15) is 33.6 Å². The highest BCUT2D eigenvalue weighted by Gasteiger charge is 2.36. The zero-order chi connectivity index (χ0) is 7.78. The van der Waals surface area contributed by atoms with Gasteiger partial charge in [-0.25, -0.2) is 0 Å². The minimum Gasteiger partial charge on any atom is -0.302 e. The third-order valence-corrected chi connectivity index (χ3v) is 2.37. The summed E-state index contributed by atoms with van der Waals surface area (Å²) in [5.41, 5.74) is 0.105. The molecule has 56 valence electrons. The van der Waals surface area contributed by atoms with Crippen molar-refractivity contribution in [3.63, 3.8) is 0 Å². The topological polar surface area (TPSA) is 27.0 Å². The van der Waals surface area contributed by atoms with Gasteiger partial charge in [0.05, 0.1) is 0 Å². The minimum absolute atomic E-state index is 0.105. The predicted octanol–water partition coefficient (Wildman–Crippen LogP) is 1.73. The molecule has 0 amide bonds. The molecule has 1 rings (SSSR count). The molecule has 0 aliphatic carbocycles. The van der Waals surface area contributed by atoms with E-state index in [4.69, 9.17) is 5.26 Å². The number of rotatable bonds is 0. The normalized spacial score (nSPS) is 30.2. The van der Waals surface area contributed by atoms with Gasteiger partial charge in [0.2, 0.25) is 0 Å². The fourth-order valence-electron chi connectivity index (χ4n) is 1.64. The number of nitriles is 1. The van der Waals surface area contributed by atoms with Crippen LogP contribution in [-0.4, -0.2) is 16.5 Å². The van der Waals surface area contributed by atoms with E-state index < -0.39 is 0 Å². The summed E-state index contributed by atoms with van der Waals surface area (Å²) < 4.78 is 0. The standard InChI is InChI=1S/C8H14N2/c1-7-4-5-8(2,3)10(7)6-9/h7H,4-5H2,1-3H3. The van der Waals surface area contributed by atoms with Crippen molar-refractivity contribution >= 4 is 0 Å². The monoisotopic (exact) mass is 138 g/mol. The first-order valence-electron chi connectivity index (χ1n) is 3.77. The van der Waals surface area contributed by atoms with E-state index >= 15 is 0 Å². The third kappa shape index (κ3) is 0.965. The molecule has 0 radical (unpaired) electrons. The van der Waals surface area contributed by atoms with Gasteiger partial charge >= 0.3 is 0 Å². The van der Waals surface area contributed by atoms with Crippen molar-refractivity contribution in [1.82, 2.24) is 4.90 Å². The highest BCUT2D eigenvalue weighted by Crippen LogP contribution is 2.31. The molecular formula is C8H14N2. The van der Waals surface area contributed by atoms with E-state index in [2.05, 4.69) is 27.0 Å². The average molecular weight is 138 g/mol. The summed E-state index contributed by atoms with van der Waals surface area (Å²) in [6, 6.07) is 0.444. The maximum atomic E-state index is 8.75. The Balaban J connectivity index is 2.75. The van der Waals surface area contributed by atoms with Crippen LogP contribution in [0.4, 0.5) is 0 Å². The Kier molecular flexibility index (Phi) is 1.60. The summed E-state index contributed by atoms with van der Waals surface area (Å²) in [4.78, 5) is 1.90. The second-order valence-corrected chi connectivity index (χ2v) is 3.67. The SMILES string of the molecule is CC1CCC(C)(C)N1C#N. The van der Waals surface area contributed by atoms with E-state index in [0.29, 0.717) is 6.04 Å². The lowest BCUT2D eigenvalue weighted by Gasteiger charge is -2.28. The Morgan fingerprint density at radius 2 is 2.20 bits per heavy atom. The summed E-state index contributed by atoms with van der Waals surface area (Å²) in [5.74, 6) is 0. The summed E-state index contributed by atoms with van der Waals surface area (Å²) in [7, 11) is 0. The van der Waals surface area contributed by atoms with Gasteiger partial charge in [-0.05, 0) is 33.6 Å². The molecule has 1 saturated heterocycles. The second kappa shape index (κ2) is 2.16. The van der Waals surface area contributed by atoms with Crippen molar-refractivity contribution in [3.05, 3.63) is 0 Å². The van der Waals surface area contributed by atoms with Crippen LogP contribution in [0.25, 0.3) is 0 Å². The van der Waals surface area contributed by atoms with E-state index in [1.165, 1.54) is 0 Å². The molecule has 1 unspecified atom stereocenters. The molecule has 1 fully saturated rings. The van der Waals surface area contributed by atoms with Gasteiger partial charge in [-0.2, -0.15) is 5.26 Å². The Labute approximate surface area is 62.4 Å². The molecule has 1 aliphatic heterocycles. The van der Waals surface area contributed by atoms with Crippen LogP contribution in [0, 0.1) is 11.5 Å². The number of hydrogen-bond donors (Lipinski definition) is 0. The second-order valence-electron chi connectivity index (χ2n) is 3.67. The van der Waals surface area contributed by atoms with Gasteiger partial charge in [-0.15, -0.1) is 0 Å². The van der Waals surface area contributed by atoms with Crippen molar-refractivity contribution in [3.8, 4) is 6.19 Å². The zero-order valence-corrected chi connectivity index (χ0v) is 6.89. The Morgan fingerprint density at radius 1 is 1.60 bits per heavy atom. The van der Waals surface area contributed by atoms with Crippen LogP contribution in [0.2, 0.25) is 0 Å². The summed E-state index contributed by atoms with van der Waals surface area (Å²) in [5, 5.41) is 8.75. The lowest BCUT2D eigenvalue weighted by Crippen LogP contribution is -2.37. The minimum atomic E-state index is 0.105. The van der Waals surface area contributed by atoms with Crippen LogP contribution in [0.15, 0.2) is 0 Å². The van der Waals surface area contributed by atoms with Crippen LogP contribution in [0.3, 0.4) is 0 Å². The van der Waals surface area contributed by atoms with Gasteiger partial charge in [0, 0.05) is 11.6 Å². The molecule has 1 atom stereocenters. The maximum Gasteiger partial charge on any atom is 0.180 e. The number of nitrogens with zero attached hydrogens (tertiary/aromatic N) is 2. The largest absolute Gasteiger partial charge is 0.302 e. The molecule has 2 nitrogen and oxygen atoms in total. The van der Waals surface area contributed by atoms with Crippen LogP contribution in [-0.2, 0) is 0 Å². The molecule has 1 aliphatic rings. The molecule has 0 N–H and O–H groups in total. The van der Waals surface area contributed by atoms with E-state index in [9.17, 15) is 0 Å². The first kappa shape index (κ1) is 7.40. The average Bonchev–Trinajstić information content (AvgIpc) is 2.07. The predicted molar refractivity (Wildman–Crippen MR) is 40.2 cm³/mol. The first-order valence-corrected chi connectivity index (χ1v) is 3.77. The van der Waals surface area contributed by atoms with E-state index in [0.717, 1.165) is 12.8 Å². The lowest BCUT2D eigenvalue weighted by molar-refractivity contribution is 0.221. The molecule has 0 spiro atoms. The molecule has 1 heterocycles. The van der Waals surface area contributed by atoms with Crippen molar-refractivity contribution in [2.45, 2.75) is 45.2 Å². The Morgan fingerprint density at radius 3 is 2.40 bits per heavy atom. The van der Waals surface area contributed by atoms with Gasteiger partial charge in [0.15, 0.2) is 6.19 Å². The fraction of sp³-hybridized carbons (Fsp3) is 0.875. The highest BCUT2D eigenvalue weighted by molar-refractivity contribution is 4.99. The van der Waals surface area contributed by atoms with Crippen LogP contribution in [0.5, 0.6) is 0 Å². The van der Waals surface area contributed by atoms with Gasteiger partial charge in [0.1, 0.15) is 0 Å². The van der Waals surface area contributed by atoms with Crippen LogP contribution < -0.4 is 0 Å². The van der Waals surface area contributed by atoms with Crippen molar-refractivity contribution in [2.24, 2.45) is 0 Å². The molecule has 0 aromatic heterocycles. The molecule has 0 aromatic carbocycles. The molecule has 0 saturated carbocycles. The number of hydrogen-bond acceptors (Lipinski definition) is 2. The molecular weight excluding hydrogens is 124 g/mol. The Hall–Kier alpha value is -0.710. The van der Waals surface area contributed by atoms with E-state index in [1.54, 1.807) is 0 Å². The summed E-state index contributed by atoms with van der Waals surface area (Å²) in [6.45, 7) is 6.36. The van der Waals surface area contributed by atoms with E-state index in [-0.39, 0.29) is 5.54 Å². The van der Waals surface area contributed by atoms with Crippen molar-refractivity contribution in [2.75, 3.05) is 0 Å². The maximum absolute atomic E-state index is 8.75. The third-order valence-electron chi connectivity index (χ3n) is 2.37. The molecule has 2 heteroatoms. The van der Waals surface area contributed by atoms with Crippen LogP contribution >= 0.6 is 0 Å². The molecule has 0 aromatic rings. The van der Waals surface area contributed by atoms with Crippen molar-refractivity contribution < 1.29 is 0 Å². The first-order chi connectivity index (χ1) is 4.58. The zero-order valence-electron chi connectivity index (χ0n) is 6.89. The Bertz CT molecular complexity index is 167. The fourth-order valence-corrected chi connectivity index (χ4v) is 1.64. The summed E-state index contributed by atoms with van der Waals surface area (Å²) in [6.07, 6.45) is 4.53. The quantitative estimate of drug-likeness (QED) is 0.477. The van der Waals surface area contributed by atoms with Gasteiger partial charge < -0.3 is 4.90 Å². The molecule has 10 heavy (non-hydrogen) atoms. The van der Waals surface area contributed by atoms with Gasteiger partial charge in [-0.1, -0.05) is 0 Å². The van der Waals surface area contributed by atoms with Crippen molar-refractivity contribution in [1.29, 1.82) is 5.26 Å². The molecule has 0 bridgehead atoms. The van der Waals surface area contributed by atoms with Gasteiger partial charge in [0.25, 0.3) is 0 Å². The summed E-state index contributed by atoms with van der Waals surface area (Å²) >= 11 is 0. The lowest BCUT2D eigenvalue weighted by atomic mass is 10.0. The smallest absolute Gasteiger partial charge is 0.180 e. The van der Waals surface area contributed by atoms with Gasteiger partial charge in [-0.3, -0.25) is 0 Å². The highest BCUT2D eigenvalue weighted by atomic mass is 15.2. The number of likely N-dealkylation sites (tertiary alicyclic amines) is 1. The van der Waals surface area contributed by atoms with E-state index in [1.807, 2.05) is 4.90 Å².